The fourth-order valence-corrected chi connectivity index (χ4v) is 2.33. The molecule has 0 spiro atoms. The van der Waals surface area contributed by atoms with Crippen LogP contribution in [0.1, 0.15) is 23.3 Å². The molecule has 0 saturated carbocycles. The number of nitrogens with one attached hydrogen (secondary N) is 2. The van der Waals surface area contributed by atoms with Gasteiger partial charge in [-0.3, -0.25) is 9.59 Å². The zero-order valence-corrected chi connectivity index (χ0v) is 13.0. The second-order valence-corrected chi connectivity index (χ2v) is 5.65. The number of thiophene rings is 1. The quantitative estimate of drug-likeness (QED) is 0.635. The first-order chi connectivity index (χ1) is 10.6. The van der Waals surface area contributed by atoms with Crippen LogP contribution in [0.25, 0.3) is 0 Å². The number of para-hydroxylation sites is 1. The minimum absolute atomic E-state index is 0.0967. The Hall–Kier alpha value is -2.47. The monoisotopic (exact) mass is 315 g/mol. The van der Waals surface area contributed by atoms with E-state index in [1.54, 1.807) is 6.21 Å². The fourth-order valence-electron chi connectivity index (χ4n) is 1.74. The van der Waals surface area contributed by atoms with E-state index in [-0.39, 0.29) is 24.7 Å². The lowest BCUT2D eigenvalue weighted by Gasteiger charge is -2.07. The largest absolute Gasteiger partial charge is 0.326 e. The van der Waals surface area contributed by atoms with E-state index in [1.807, 2.05) is 48.7 Å². The number of hydrogen-bond donors (Lipinski definition) is 2. The highest BCUT2D eigenvalue weighted by Crippen LogP contribution is 2.13. The van der Waals surface area contributed by atoms with Crippen molar-refractivity contribution in [3.05, 3.63) is 52.2 Å². The van der Waals surface area contributed by atoms with Crippen molar-refractivity contribution in [2.45, 2.75) is 19.8 Å². The van der Waals surface area contributed by atoms with E-state index in [0.29, 0.717) is 0 Å². The Bertz CT molecular complexity index is 666. The van der Waals surface area contributed by atoms with Gasteiger partial charge in [0, 0.05) is 23.4 Å². The van der Waals surface area contributed by atoms with E-state index in [4.69, 9.17) is 0 Å². The lowest BCUT2D eigenvalue weighted by molar-refractivity contribution is -0.124. The summed E-state index contributed by atoms with van der Waals surface area (Å²) in [6, 6.07) is 11.3. The van der Waals surface area contributed by atoms with Crippen LogP contribution < -0.4 is 10.7 Å². The molecule has 2 rings (SSSR count). The molecule has 0 saturated heterocycles. The number of benzene rings is 1. The van der Waals surface area contributed by atoms with Gasteiger partial charge in [-0.2, -0.15) is 5.10 Å². The van der Waals surface area contributed by atoms with Crippen LogP contribution in [0.5, 0.6) is 0 Å². The molecule has 2 aromatic rings. The standard InChI is InChI=1S/C16H17N3O2S/c1-12-5-2-3-7-14(12)18-15(20)8-9-16(21)19-17-11-13-6-4-10-22-13/h2-7,10-11H,8-9H2,1H3,(H,18,20)(H,19,21)/b17-11+. The normalized spacial score (nSPS) is 10.6. The van der Waals surface area contributed by atoms with Crippen LogP contribution in [0.3, 0.4) is 0 Å². The summed E-state index contributed by atoms with van der Waals surface area (Å²) in [6.45, 7) is 1.92. The third-order valence-electron chi connectivity index (χ3n) is 2.92. The highest BCUT2D eigenvalue weighted by molar-refractivity contribution is 7.11. The van der Waals surface area contributed by atoms with Crippen molar-refractivity contribution in [2.75, 3.05) is 5.32 Å². The Balaban J connectivity index is 1.72. The lowest BCUT2D eigenvalue weighted by atomic mass is 10.2. The molecule has 0 aliphatic rings. The number of carbonyl (C=O) groups is 2. The van der Waals surface area contributed by atoms with Gasteiger partial charge in [0.1, 0.15) is 0 Å². The smallest absolute Gasteiger partial charge is 0.240 e. The molecule has 0 radical (unpaired) electrons. The summed E-state index contributed by atoms with van der Waals surface area (Å²) in [5, 5.41) is 8.56. The third-order valence-corrected chi connectivity index (χ3v) is 3.73. The van der Waals surface area contributed by atoms with Gasteiger partial charge in [0.15, 0.2) is 0 Å². The first kappa shape index (κ1) is 15.9. The molecule has 1 aromatic carbocycles. The maximum absolute atomic E-state index is 11.8. The highest BCUT2D eigenvalue weighted by atomic mass is 32.1. The maximum atomic E-state index is 11.8. The highest BCUT2D eigenvalue weighted by Gasteiger charge is 2.07. The average Bonchev–Trinajstić information content (AvgIpc) is 3.01. The summed E-state index contributed by atoms with van der Waals surface area (Å²) in [5.41, 5.74) is 4.16. The first-order valence-corrected chi connectivity index (χ1v) is 7.74. The van der Waals surface area contributed by atoms with Gasteiger partial charge in [-0.15, -0.1) is 11.3 Å². The molecule has 1 heterocycles. The number of hydrazone groups is 1. The van der Waals surface area contributed by atoms with Gasteiger partial charge >= 0.3 is 0 Å². The second-order valence-electron chi connectivity index (χ2n) is 4.67. The maximum Gasteiger partial charge on any atom is 0.240 e. The predicted octanol–water partition coefficient (Wildman–Crippen LogP) is 2.93. The fraction of sp³-hybridized carbons (Fsp3) is 0.188. The number of nitrogens with zero attached hydrogens (tertiary/aromatic N) is 1. The van der Waals surface area contributed by atoms with E-state index >= 15 is 0 Å². The molecule has 0 unspecified atom stereocenters. The minimum Gasteiger partial charge on any atom is -0.326 e. The molecule has 2 amide bonds. The Kier molecular flexibility index (Phi) is 5.85. The van der Waals surface area contributed by atoms with Crippen molar-refractivity contribution in [3.8, 4) is 0 Å². The number of rotatable bonds is 6. The van der Waals surface area contributed by atoms with Crippen molar-refractivity contribution in [3.63, 3.8) is 0 Å². The van der Waals surface area contributed by atoms with E-state index < -0.39 is 0 Å². The zero-order chi connectivity index (χ0) is 15.8. The summed E-state index contributed by atoms with van der Waals surface area (Å²) in [6.07, 6.45) is 1.80. The summed E-state index contributed by atoms with van der Waals surface area (Å²) in [5.74, 6) is -0.473. The number of hydrogen-bond acceptors (Lipinski definition) is 4. The molecule has 6 heteroatoms. The van der Waals surface area contributed by atoms with Crippen LogP contribution in [0.15, 0.2) is 46.9 Å². The zero-order valence-electron chi connectivity index (χ0n) is 12.2. The summed E-state index contributed by atoms with van der Waals surface area (Å²) in [7, 11) is 0. The van der Waals surface area contributed by atoms with Crippen LogP contribution >= 0.6 is 11.3 Å². The molecule has 0 aliphatic heterocycles. The van der Waals surface area contributed by atoms with Gasteiger partial charge in [0.2, 0.25) is 11.8 Å². The van der Waals surface area contributed by atoms with Crippen LogP contribution in [-0.2, 0) is 9.59 Å². The number of aryl methyl sites for hydroxylation is 1. The Morgan fingerprint density at radius 3 is 2.64 bits per heavy atom. The summed E-state index contributed by atoms with van der Waals surface area (Å²) < 4.78 is 0. The molecule has 0 bridgehead atoms. The van der Waals surface area contributed by atoms with Gasteiger partial charge in [-0.05, 0) is 30.0 Å². The molecular formula is C16H17N3O2S. The van der Waals surface area contributed by atoms with E-state index in [9.17, 15) is 9.59 Å². The van der Waals surface area contributed by atoms with Crippen molar-refractivity contribution in [2.24, 2.45) is 5.10 Å². The molecule has 22 heavy (non-hydrogen) atoms. The van der Waals surface area contributed by atoms with Gasteiger partial charge in [-0.1, -0.05) is 24.3 Å². The van der Waals surface area contributed by atoms with Crippen LogP contribution in [0.2, 0.25) is 0 Å². The molecule has 2 N–H and O–H groups in total. The molecule has 114 valence electrons. The predicted molar refractivity (Wildman–Crippen MR) is 89.1 cm³/mol. The average molecular weight is 315 g/mol. The topological polar surface area (TPSA) is 70.6 Å². The second kappa shape index (κ2) is 8.09. The van der Waals surface area contributed by atoms with Crippen molar-refractivity contribution in [1.29, 1.82) is 0 Å². The molecule has 1 aromatic heterocycles. The molecule has 0 atom stereocenters. The van der Waals surface area contributed by atoms with Crippen LogP contribution in [0, 0.1) is 6.92 Å². The van der Waals surface area contributed by atoms with Gasteiger partial charge < -0.3 is 5.32 Å². The Labute approximate surface area is 133 Å². The minimum atomic E-state index is -0.285. The number of anilines is 1. The third kappa shape index (κ3) is 5.14. The Morgan fingerprint density at radius 1 is 1.14 bits per heavy atom. The van der Waals surface area contributed by atoms with Gasteiger partial charge in [0.05, 0.1) is 6.21 Å². The molecular weight excluding hydrogens is 298 g/mol. The van der Waals surface area contributed by atoms with Crippen molar-refractivity contribution >= 4 is 35.1 Å². The van der Waals surface area contributed by atoms with E-state index in [1.165, 1.54) is 11.3 Å². The van der Waals surface area contributed by atoms with E-state index in [0.717, 1.165) is 16.1 Å². The molecule has 5 nitrogen and oxygen atoms in total. The Morgan fingerprint density at radius 2 is 1.91 bits per heavy atom. The van der Waals surface area contributed by atoms with E-state index in [2.05, 4.69) is 15.8 Å². The SMILES string of the molecule is Cc1ccccc1NC(=O)CCC(=O)N/N=C/c1cccs1. The van der Waals surface area contributed by atoms with Gasteiger partial charge in [-0.25, -0.2) is 5.43 Å². The summed E-state index contributed by atoms with van der Waals surface area (Å²) in [4.78, 5) is 24.4. The van der Waals surface area contributed by atoms with Crippen LogP contribution in [0.4, 0.5) is 5.69 Å². The van der Waals surface area contributed by atoms with Gasteiger partial charge in [0.25, 0.3) is 0 Å². The summed E-state index contributed by atoms with van der Waals surface area (Å²) >= 11 is 1.53. The van der Waals surface area contributed by atoms with Crippen LogP contribution in [-0.4, -0.2) is 18.0 Å². The number of carbonyl (C=O) groups excluding carboxylic acids is 2. The first-order valence-electron chi connectivity index (χ1n) is 6.86. The molecule has 0 aliphatic carbocycles. The number of amides is 2. The van der Waals surface area contributed by atoms with Crippen molar-refractivity contribution in [1.82, 2.24) is 5.43 Å². The lowest BCUT2D eigenvalue weighted by Crippen LogP contribution is -2.20. The van der Waals surface area contributed by atoms with Crippen molar-refractivity contribution < 1.29 is 9.59 Å². The molecule has 0 fully saturated rings.